The van der Waals surface area contributed by atoms with Gasteiger partial charge in [0.05, 0.1) is 18.0 Å². The molecular formula is C19H20F4N6O3. The van der Waals surface area contributed by atoms with E-state index in [0.717, 1.165) is 6.42 Å². The topological polar surface area (TPSA) is 160 Å². The summed E-state index contributed by atoms with van der Waals surface area (Å²) in [6.07, 6.45) is -1.45. The van der Waals surface area contributed by atoms with E-state index in [4.69, 9.17) is 21.4 Å². The SMILES string of the molecule is N#CC1CC(N)CCC1n1cc(C(N)=O)c(Nc2ccc(F)cc2)n1.O=C(O)C(F)(F)F. The minimum atomic E-state index is -5.08. The van der Waals surface area contributed by atoms with Crippen LogP contribution in [0.4, 0.5) is 29.1 Å². The Balaban J connectivity index is 0.000000451. The van der Waals surface area contributed by atoms with E-state index in [-0.39, 0.29) is 35.2 Å². The number of aliphatic carboxylic acids is 1. The molecule has 32 heavy (non-hydrogen) atoms. The number of nitrogens with zero attached hydrogens (tertiary/aromatic N) is 3. The van der Waals surface area contributed by atoms with E-state index >= 15 is 0 Å². The molecule has 6 N–H and O–H groups in total. The third-order valence-electron chi connectivity index (χ3n) is 4.71. The summed E-state index contributed by atoms with van der Waals surface area (Å²) in [5.74, 6) is -3.74. The molecule has 3 unspecified atom stereocenters. The summed E-state index contributed by atoms with van der Waals surface area (Å²) >= 11 is 0. The van der Waals surface area contributed by atoms with Crippen LogP contribution in [-0.2, 0) is 4.79 Å². The van der Waals surface area contributed by atoms with E-state index in [9.17, 15) is 27.6 Å². The molecule has 1 aliphatic carbocycles. The van der Waals surface area contributed by atoms with Gasteiger partial charge in [-0.25, -0.2) is 9.18 Å². The fourth-order valence-corrected chi connectivity index (χ4v) is 3.15. The van der Waals surface area contributed by atoms with Crippen LogP contribution in [-0.4, -0.2) is 39.0 Å². The number of halogens is 4. The van der Waals surface area contributed by atoms with Gasteiger partial charge < -0.3 is 21.9 Å². The fraction of sp³-hybridized carbons (Fsp3) is 0.368. The second kappa shape index (κ2) is 10.1. The van der Waals surface area contributed by atoms with Crippen LogP contribution in [0, 0.1) is 23.1 Å². The average molecular weight is 456 g/mol. The van der Waals surface area contributed by atoms with Gasteiger partial charge in [-0.15, -0.1) is 0 Å². The molecule has 0 radical (unpaired) electrons. The zero-order chi connectivity index (χ0) is 24.1. The molecule has 0 aliphatic heterocycles. The Morgan fingerprint density at radius 2 is 1.84 bits per heavy atom. The lowest BCUT2D eigenvalue weighted by Crippen LogP contribution is -2.34. The second-order valence-electron chi connectivity index (χ2n) is 7.05. The Kier molecular flexibility index (Phi) is 7.77. The van der Waals surface area contributed by atoms with Crippen LogP contribution in [0.1, 0.15) is 35.7 Å². The molecule has 1 heterocycles. The van der Waals surface area contributed by atoms with Gasteiger partial charge in [-0.3, -0.25) is 9.48 Å². The van der Waals surface area contributed by atoms with E-state index in [1.54, 1.807) is 10.9 Å². The number of hydrogen-bond donors (Lipinski definition) is 4. The van der Waals surface area contributed by atoms with Gasteiger partial charge in [0.15, 0.2) is 5.82 Å². The molecular weight excluding hydrogens is 436 g/mol. The van der Waals surface area contributed by atoms with Crippen molar-refractivity contribution in [3.8, 4) is 6.07 Å². The van der Waals surface area contributed by atoms with Crippen molar-refractivity contribution >= 4 is 23.4 Å². The number of carboxylic acids is 1. The number of nitriles is 1. The predicted octanol–water partition coefficient (Wildman–Crippen LogP) is 2.69. The summed E-state index contributed by atoms with van der Waals surface area (Å²) in [5.41, 5.74) is 12.2. The highest BCUT2D eigenvalue weighted by atomic mass is 19.4. The number of alkyl halides is 3. The van der Waals surface area contributed by atoms with Gasteiger partial charge >= 0.3 is 12.1 Å². The lowest BCUT2D eigenvalue weighted by Gasteiger charge is -2.30. The maximum absolute atomic E-state index is 13.0. The number of amides is 1. The number of nitrogens with two attached hydrogens (primary N) is 2. The van der Waals surface area contributed by atoms with E-state index in [1.807, 2.05) is 0 Å². The lowest BCUT2D eigenvalue weighted by molar-refractivity contribution is -0.192. The molecule has 13 heteroatoms. The molecule has 3 atom stereocenters. The first kappa shape index (κ1) is 24.6. The zero-order valence-electron chi connectivity index (χ0n) is 16.5. The first-order chi connectivity index (χ1) is 14.9. The first-order valence-electron chi connectivity index (χ1n) is 9.29. The predicted molar refractivity (Wildman–Crippen MR) is 104 cm³/mol. The third kappa shape index (κ3) is 6.42. The summed E-state index contributed by atoms with van der Waals surface area (Å²) in [6, 6.07) is 7.80. The van der Waals surface area contributed by atoms with Crippen LogP contribution in [0.3, 0.4) is 0 Å². The highest BCUT2D eigenvalue weighted by molar-refractivity contribution is 5.98. The van der Waals surface area contributed by atoms with E-state index in [1.165, 1.54) is 24.3 Å². The Hall–Kier alpha value is -3.66. The van der Waals surface area contributed by atoms with Crippen LogP contribution in [0.2, 0.25) is 0 Å². The van der Waals surface area contributed by atoms with Crippen molar-refractivity contribution in [2.45, 2.75) is 37.5 Å². The Morgan fingerprint density at radius 3 is 2.34 bits per heavy atom. The molecule has 172 valence electrons. The van der Waals surface area contributed by atoms with Crippen LogP contribution in [0.5, 0.6) is 0 Å². The summed E-state index contributed by atoms with van der Waals surface area (Å²) in [7, 11) is 0. The number of benzene rings is 1. The van der Waals surface area contributed by atoms with Crippen LogP contribution < -0.4 is 16.8 Å². The number of carboxylic acid groups (broad SMARTS) is 1. The molecule has 9 nitrogen and oxygen atoms in total. The minimum Gasteiger partial charge on any atom is -0.475 e. The summed E-state index contributed by atoms with van der Waals surface area (Å²) in [5, 5.41) is 23.9. The van der Waals surface area contributed by atoms with Gasteiger partial charge in [0.25, 0.3) is 5.91 Å². The van der Waals surface area contributed by atoms with Gasteiger partial charge in [0.1, 0.15) is 11.4 Å². The number of primary amides is 1. The quantitative estimate of drug-likeness (QED) is 0.515. The number of carbonyl (C=O) groups excluding carboxylic acids is 1. The van der Waals surface area contributed by atoms with Crippen LogP contribution in [0.15, 0.2) is 30.5 Å². The molecule has 1 fully saturated rings. The van der Waals surface area contributed by atoms with E-state index in [0.29, 0.717) is 18.5 Å². The molecule has 0 saturated heterocycles. The normalized spacial score (nSPS) is 20.4. The Morgan fingerprint density at radius 1 is 1.25 bits per heavy atom. The Labute approximate surface area is 179 Å². The van der Waals surface area contributed by atoms with Crippen molar-refractivity contribution < 1.29 is 32.3 Å². The highest BCUT2D eigenvalue weighted by Crippen LogP contribution is 2.34. The molecule has 0 spiro atoms. The average Bonchev–Trinajstić information content (AvgIpc) is 3.13. The summed E-state index contributed by atoms with van der Waals surface area (Å²) in [6.45, 7) is 0. The van der Waals surface area contributed by atoms with Gasteiger partial charge in [-0.2, -0.15) is 23.5 Å². The van der Waals surface area contributed by atoms with Crippen molar-refractivity contribution in [2.75, 3.05) is 5.32 Å². The molecule has 3 rings (SSSR count). The van der Waals surface area contributed by atoms with Crippen LogP contribution >= 0.6 is 0 Å². The van der Waals surface area contributed by atoms with Crippen molar-refractivity contribution in [2.24, 2.45) is 17.4 Å². The molecule has 2 aromatic rings. The number of aromatic nitrogens is 2. The lowest BCUT2D eigenvalue weighted by atomic mass is 9.83. The van der Waals surface area contributed by atoms with E-state index < -0.39 is 18.1 Å². The van der Waals surface area contributed by atoms with Gasteiger partial charge in [-0.05, 0) is 43.5 Å². The molecule has 1 aromatic heterocycles. The fourth-order valence-electron chi connectivity index (χ4n) is 3.15. The number of hydrogen-bond acceptors (Lipinski definition) is 6. The number of nitrogens with one attached hydrogen (secondary N) is 1. The molecule has 1 saturated carbocycles. The standard InChI is InChI=1S/C17H19FN6O.C2HF3O2/c18-11-1-4-13(5-2-11)22-17-14(16(21)25)9-24(23-17)15-6-3-12(20)7-10(15)8-19;3-2(4,5)1(6)7/h1-2,4-5,9-10,12,15H,3,6-7,20H2,(H2,21,25)(H,22,23);(H,6,7). The van der Waals surface area contributed by atoms with Crippen LogP contribution in [0.25, 0.3) is 0 Å². The molecule has 1 aliphatic rings. The summed E-state index contributed by atoms with van der Waals surface area (Å²) < 4.78 is 46.4. The van der Waals surface area contributed by atoms with Gasteiger partial charge in [0, 0.05) is 17.9 Å². The van der Waals surface area contributed by atoms with Gasteiger partial charge in [-0.1, -0.05) is 0 Å². The van der Waals surface area contributed by atoms with Crippen molar-refractivity contribution in [1.82, 2.24) is 9.78 Å². The maximum Gasteiger partial charge on any atom is 0.490 e. The smallest absolute Gasteiger partial charge is 0.475 e. The van der Waals surface area contributed by atoms with Gasteiger partial charge in [0.2, 0.25) is 0 Å². The molecule has 1 amide bonds. The monoisotopic (exact) mass is 456 g/mol. The number of anilines is 2. The molecule has 1 aromatic carbocycles. The Bertz CT molecular complexity index is 1000. The second-order valence-corrected chi connectivity index (χ2v) is 7.05. The first-order valence-corrected chi connectivity index (χ1v) is 9.29. The third-order valence-corrected chi connectivity index (χ3v) is 4.71. The highest BCUT2D eigenvalue weighted by Gasteiger charge is 2.38. The van der Waals surface area contributed by atoms with Crippen molar-refractivity contribution in [3.05, 3.63) is 41.8 Å². The van der Waals surface area contributed by atoms with Crippen molar-refractivity contribution in [3.63, 3.8) is 0 Å². The summed E-state index contributed by atoms with van der Waals surface area (Å²) in [4.78, 5) is 20.6. The largest absolute Gasteiger partial charge is 0.490 e. The maximum atomic E-state index is 13.0. The molecule has 0 bridgehead atoms. The number of carbonyl (C=O) groups is 2. The number of rotatable bonds is 4. The zero-order valence-corrected chi connectivity index (χ0v) is 16.5. The van der Waals surface area contributed by atoms with Crippen molar-refractivity contribution in [1.29, 1.82) is 5.26 Å². The minimum absolute atomic E-state index is 0.00360. The van der Waals surface area contributed by atoms with E-state index in [2.05, 4.69) is 16.5 Å².